The molecule has 2 rings (SSSR count). The Morgan fingerprint density at radius 2 is 2.06 bits per heavy atom. The second kappa shape index (κ2) is 4.85. The number of oxime groups is 1. The number of nitrogens with zero attached hydrogens (tertiary/aromatic N) is 1. The van der Waals surface area contributed by atoms with Gasteiger partial charge in [-0.25, -0.2) is 0 Å². The van der Waals surface area contributed by atoms with E-state index in [4.69, 9.17) is 9.94 Å². The maximum Gasteiger partial charge on any atom is 0.303 e. The van der Waals surface area contributed by atoms with Gasteiger partial charge in [-0.15, -0.1) is 0 Å². The zero-order valence-electron chi connectivity index (χ0n) is 9.69. The summed E-state index contributed by atoms with van der Waals surface area (Å²) in [6.07, 6.45) is 6.35. The first-order valence-corrected chi connectivity index (χ1v) is 6.11. The molecule has 90 valence electrons. The molecule has 16 heavy (non-hydrogen) atoms. The van der Waals surface area contributed by atoms with Crippen LogP contribution in [0.3, 0.4) is 0 Å². The third kappa shape index (κ3) is 2.20. The van der Waals surface area contributed by atoms with Gasteiger partial charge in [0.15, 0.2) is 0 Å². The number of hydrogen-bond donors (Lipinski definition) is 1. The molecule has 3 unspecified atom stereocenters. The molecule has 0 spiro atoms. The van der Waals surface area contributed by atoms with E-state index in [1.807, 2.05) is 0 Å². The number of hydrogen-bond acceptors (Lipinski definition) is 4. The monoisotopic (exact) mass is 225 g/mol. The van der Waals surface area contributed by atoms with Crippen molar-refractivity contribution in [1.29, 1.82) is 0 Å². The first-order chi connectivity index (χ1) is 7.72. The molecule has 2 aliphatic carbocycles. The van der Waals surface area contributed by atoms with Gasteiger partial charge in [-0.05, 0) is 31.6 Å². The van der Waals surface area contributed by atoms with Gasteiger partial charge in [0.05, 0.1) is 0 Å². The van der Waals surface area contributed by atoms with Gasteiger partial charge in [-0.1, -0.05) is 18.0 Å². The first kappa shape index (κ1) is 11.4. The summed E-state index contributed by atoms with van der Waals surface area (Å²) >= 11 is 0. The lowest BCUT2D eigenvalue weighted by molar-refractivity contribution is -0.144. The van der Waals surface area contributed by atoms with Crippen LogP contribution < -0.4 is 0 Å². The minimum atomic E-state index is -0.291. The average molecular weight is 225 g/mol. The van der Waals surface area contributed by atoms with E-state index in [0.29, 0.717) is 17.5 Å². The summed E-state index contributed by atoms with van der Waals surface area (Å²) in [6.45, 7) is 1.40. The molecule has 0 saturated heterocycles. The van der Waals surface area contributed by atoms with Gasteiger partial charge in [0.25, 0.3) is 0 Å². The highest BCUT2D eigenvalue weighted by molar-refractivity contribution is 5.92. The Morgan fingerprint density at radius 1 is 1.31 bits per heavy atom. The van der Waals surface area contributed by atoms with Crippen LogP contribution in [0.4, 0.5) is 0 Å². The summed E-state index contributed by atoms with van der Waals surface area (Å²) in [5, 5.41) is 12.5. The maximum absolute atomic E-state index is 11.0. The van der Waals surface area contributed by atoms with Gasteiger partial charge in [-0.2, -0.15) is 0 Å². The second-order valence-corrected chi connectivity index (χ2v) is 4.85. The molecule has 0 radical (unpaired) electrons. The molecule has 2 fully saturated rings. The van der Waals surface area contributed by atoms with Crippen molar-refractivity contribution in [2.45, 2.75) is 51.6 Å². The molecule has 2 saturated carbocycles. The van der Waals surface area contributed by atoms with Crippen LogP contribution >= 0.6 is 0 Å². The Bertz CT molecular complexity index is 301. The van der Waals surface area contributed by atoms with Crippen LogP contribution in [0.25, 0.3) is 0 Å². The lowest BCUT2D eigenvalue weighted by Crippen LogP contribution is -2.42. The maximum atomic E-state index is 11.0. The molecule has 0 amide bonds. The zero-order valence-corrected chi connectivity index (χ0v) is 9.69. The van der Waals surface area contributed by atoms with E-state index in [9.17, 15) is 4.79 Å². The van der Waals surface area contributed by atoms with Gasteiger partial charge in [0.2, 0.25) is 0 Å². The fourth-order valence-electron chi connectivity index (χ4n) is 3.15. The average Bonchev–Trinajstić information content (AvgIpc) is 2.28. The Labute approximate surface area is 95.7 Å². The summed E-state index contributed by atoms with van der Waals surface area (Å²) in [7, 11) is 0. The predicted molar refractivity (Wildman–Crippen MR) is 59.5 cm³/mol. The molecule has 0 heterocycles. The first-order valence-electron chi connectivity index (χ1n) is 6.11. The standard InChI is InChI=1S/C12H19NO3/c1-8(14)16-11-7-6-9-4-2-3-5-10(9)12(11)13-15/h9-11,15H,2-7H2,1H3. The number of rotatable bonds is 1. The lowest BCUT2D eigenvalue weighted by Gasteiger charge is -2.39. The van der Waals surface area contributed by atoms with Crippen molar-refractivity contribution >= 4 is 11.7 Å². The van der Waals surface area contributed by atoms with Crippen molar-refractivity contribution in [2.75, 3.05) is 0 Å². The summed E-state index contributed by atoms with van der Waals surface area (Å²) in [6, 6.07) is 0. The molecule has 0 aromatic heterocycles. The zero-order chi connectivity index (χ0) is 11.5. The fraction of sp³-hybridized carbons (Fsp3) is 0.833. The third-order valence-electron chi connectivity index (χ3n) is 3.84. The third-order valence-corrected chi connectivity index (χ3v) is 3.84. The highest BCUT2D eigenvalue weighted by atomic mass is 16.5. The van der Waals surface area contributed by atoms with Crippen molar-refractivity contribution in [3.05, 3.63) is 0 Å². The second-order valence-electron chi connectivity index (χ2n) is 4.85. The van der Waals surface area contributed by atoms with Gasteiger partial charge in [0.1, 0.15) is 11.8 Å². The SMILES string of the molecule is CC(=O)OC1CCC2CCCCC2C1=NO. The van der Waals surface area contributed by atoms with Crippen LogP contribution in [0.1, 0.15) is 45.4 Å². The van der Waals surface area contributed by atoms with Crippen LogP contribution in [0.2, 0.25) is 0 Å². The molecule has 0 aliphatic heterocycles. The molecule has 0 aromatic rings. The van der Waals surface area contributed by atoms with Crippen LogP contribution in [0, 0.1) is 11.8 Å². The van der Waals surface area contributed by atoms with Gasteiger partial charge in [0, 0.05) is 12.8 Å². The molecule has 4 nitrogen and oxygen atoms in total. The lowest BCUT2D eigenvalue weighted by atomic mass is 9.69. The molecule has 0 bridgehead atoms. The normalized spacial score (nSPS) is 36.8. The highest BCUT2D eigenvalue weighted by Gasteiger charge is 2.39. The Kier molecular flexibility index (Phi) is 3.46. The summed E-state index contributed by atoms with van der Waals surface area (Å²) in [5.41, 5.74) is 0.700. The Balaban J connectivity index is 2.10. The quantitative estimate of drug-likeness (QED) is 0.423. The van der Waals surface area contributed by atoms with Gasteiger partial charge >= 0.3 is 5.97 Å². The van der Waals surface area contributed by atoms with E-state index < -0.39 is 0 Å². The fourth-order valence-corrected chi connectivity index (χ4v) is 3.15. The minimum absolute atomic E-state index is 0.290. The highest BCUT2D eigenvalue weighted by Crippen LogP contribution is 2.39. The number of carbonyl (C=O) groups is 1. The van der Waals surface area contributed by atoms with Crippen LogP contribution in [0.15, 0.2) is 5.16 Å². The van der Waals surface area contributed by atoms with Crippen LogP contribution in [0.5, 0.6) is 0 Å². The molecule has 4 heteroatoms. The summed E-state index contributed by atoms with van der Waals surface area (Å²) in [4.78, 5) is 11.0. The molecule has 1 N–H and O–H groups in total. The number of esters is 1. The molecule has 0 aromatic carbocycles. The predicted octanol–water partition coefficient (Wildman–Crippen LogP) is 2.35. The molecule has 3 atom stereocenters. The Morgan fingerprint density at radius 3 is 2.75 bits per heavy atom. The van der Waals surface area contributed by atoms with E-state index in [1.54, 1.807) is 0 Å². The van der Waals surface area contributed by atoms with Crippen molar-refractivity contribution in [1.82, 2.24) is 0 Å². The molecular weight excluding hydrogens is 206 g/mol. The largest absolute Gasteiger partial charge is 0.456 e. The minimum Gasteiger partial charge on any atom is -0.456 e. The van der Waals surface area contributed by atoms with Crippen molar-refractivity contribution in [3.63, 3.8) is 0 Å². The molecular formula is C12H19NO3. The van der Waals surface area contributed by atoms with E-state index in [1.165, 1.54) is 26.2 Å². The van der Waals surface area contributed by atoms with E-state index in [2.05, 4.69) is 5.16 Å². The summed E-state index contributed by atoms with van der Waals surface area (Å²) < 4.78 is 5.21. The van der Waals surface area contributed by atoms with Gasteiger partial charge in [-0.3, -0.25) is 4.79 Å². The number of fused-ring (bicyclic) bond motifs is 1. The van der Waals surface area contributed by atoms with Crippen molar-refractivity contribution < 1.29 is 14.7 Å². The van der Waals surface area contributed by atoms with E-state index in [0.717, 1.165) is 19.3 Å². The smallest absolute Gasteiger partial charge is 0.303 e. The Hall–Kier alpha value is -1.06. The van der Waals surface area contributed by atoms with Crippen LogP contribution in [-0.2, 0) is 9.53 Å². The van der Waals surface area contributed by atoms with Crippen molar-refractivity contribution in [3.8, 4) is 0 Å². The van der Waals surface area contributed by atoms with E-state index >= 15 is 0 Å². The van der Waals surface area contributed by atoms with Crippen molar-refractivity contribution in [2.24, 2.45) is 17.0 Å². The summed E-state index contributed by atoms with van der Waals surface area (Å²) in [5.74, 6) is 0.670. The van der Waals surface area contributed by atoms with E-state index in [-0.39, 0.29) is 12.1 Å². The number of ether oxygens (including phenoxy) is 1. The van der Waals surface area contributed by atoms with Gasteiger partial charge < -0.3 is 9.94 Å². The number of carbonyl (C=O) groups excluding carboxylic acids is 1. The topological polar surface area (TPSA) is 58.9 Å². The van der Waals surface area contributed by atoms with Crippen LogP contribution in [-0.4, -0.2) is 23.0 Å². The molecule has 2 aliphatic rings.